The number of nitrogens with zero attached hydrogens (tertiary/aromatic N) is 3. The third-order valence-electron chi connectivity index (χ3n) is 7.22. The predicted octanol–water partition coefficient (Wildman–Crippen LogP) is 4.57. The number of alkyl halides is 3. The zero-order valence-electron chi connectivity index (χ0n) is 19.9. The Morgan fingerprint density at radius 2 is 1.28 bits per heavy atom. The van der Waals surface area contributed by atoms with Gasteiger partial charge in [-0.15, -0.1) is 0 Å². The average molecular weight is 498 g/mol. The van der Waals surface area contributed by atoms with Gasteiger partial charge in [0.25, 0.3) is 0 Å². The van der Waals surface area contributed by atoms with Crippen LogP contribution in [0.2, 0.25) is 0 Å². The lowest BCUT2D eigenvalue weighted by molar-refractivity contribution is -0.137. The highest BCUT2D eigenvalue weighted by Crippen LogP contribution is 2.39. The van der Waals surface area contributed by atoms with Gasteiger partial charge in [0.2, 0.25) is 0 Å². The maximum atomic E-state index is 12.8. The summed E-state index contributed by atoms with van der Waals surface area (Å²) in [6.45, 7) is 4.66. The zero-order chi connectivity index (χ0) is 25.3. The Hall–Kier alpha value is -2.91. The molecule has 0 aromatic heterocycles. The van der Waals surface area contributed by atoms with Gasteiger partial charge in [0.05, 0.1) is 5.56 Å². The van der Waals surface area contributed by atoms with E-state index in [9.17, 15) is 23.4 Å². The highest BCUT2D eigenvalue weighted by molar-refractivity contribution is 5.48. The second-order valence-corrected chi connectivity index (χ2v) is 9.49. The number of rotatable bonds is 6. The molecule has 0 aliphatic carbocycles. The van der Waals surface area contributed by atoms with E-state index in [0.717, 1.165) is 73.7 Å². The van der Waals surface area contributed by atoms with Crippen molar-refractivity contribution in [3.8, 4) is 0 Å². The van der Waals surface area contributed by atoms with Crippen molar-refractivity contribution in [1.82, 2.24) is 9.80 Å². The molecule has 0 amide bonds. The van der Waals surface area contributed by atoms with Crippen molar-refractivity contribution in [2.24, 2.45) is 0 Å². The van der Waals surface area contributed by atoms with Crippen LogP contribution in [-0.4, -0.2) is 52.7 Å². The molecular weight excluding hydrogens is 467 g/mol. The Balaban J connectivity index is 1.09. The summed E-state index contributed by atoms with van der Waals surface area (Å²) < 4.78 is 38.4. The number of halogens is 3. The first-order chi connectivity index (χ1) is 17.3. The number of piperazine rings is 1. The molecule has 0 saturated carbocycles. The summed E-state index contributed by atoms with van der Waals surface area (Å²) in [5, 5.41) is 21.2. The molecule has 0 radical (unpaired) electrons. The molecule has 3 aromatic rings. The van der Waals surface area contributed by atoms with Gasteiger partial charge in [0.15, 0.2) is 0 Å². The Bertz CT molecular complexity index is 1130. The number of aliphatic hydroxyl groups is 2. The van der Waals surface area contributed by atoms with E-state index in [-0.39, 0.29) is 0 Å². The van der Waals surface area contributed by atoms with Crippen LogP contribution in [-0.2, 0) is 19.1 Å². The van der Waals surface area contributed by atoms with Crippen LogP contribution < -0.4 is 4.90 Å². The third kappa shape index (κ3) is 5.27. The lowest BCUT2D eigenvalue weighted by Gasteiger charge is -2.36. The SMILES string of the molecule is OC1c2ccccc2C(O)N1Cc1ccc(CCN2CCN(c3ccc(C(F)(F)F)cc3)CC2)cc1. The third-order valence-corrected chi connectivity index (χ3v) is 7.22. The topological polar surface area (TPSA) is 50.2 Å². The largest absolute Gasteiger partial charge is 0.416 e. The Morgan fingerprint density at radius 1 is 0.722 bits per heavy atom. The molecule has 1 saturated heterocycles. The van der Waals surface area contributed by atoms with Crippen molar-refractivity contribution in [2.45, 2.75) is 31.6 Å². The Morgan fingerprint density at radius 3 is 1.83 bits per heavy atom. The number of hydrogen-bond acceptors (Lipinski definition) is 5. The van der Waals surface area contributed by atoms with E-state index >= 15 is 0 Å². The molecule has 8 heteroatoms. The lowest BCUT2D eigenvalue weighted by Crippen LogP contribution is -2.47. The van der Waals surface area contributed by atoms with E-state index in [1.165, 1.54) is 5.56 Å². The summed E-state index contributed by atoms with van der Waals surface area (Å²) in [6, 6.07) is 21.1. The smallest absolute Gasteiger partial charge is 0.374 e. The van der Waals surface area contributed by atoms with E-state index in [1.54, 1.807) is 17.0 Å². The maximum Gasteiger partial charge on any atom is 0.416 e. The van der Waals surface area contributed by atoms with Gasteiger partial charge in [0, 0.05) is 56.1 Å². The van der Waals surface area contributed by atoms with Gasteiger partial charge in [-0.3, -0.25) is 4.90 Å². The van der Waals surface area contributed by atoms with Crippen molar-refractivity contribution >= 4 is 5.69 Å². The number of fused-ring (bicyclic) bond motifs is 1. The van der Waals surface area contributed by atoms with Crippen LogP contribution in [0, 0.1) is 0 Å². The highest BCUT2D eigenvalue weighted by Gasteiger charge is 2.35. The van der Waals surface area contributed by atoms with Crippen LogP contribution in [0.5, 0.6) is 0 Å². The van der Waals surface area contributed by atoms with Crippen LogP contribution in [0.3, 0.4) is 0 Å². The molecular formula is C28H30F3N3O2. The molecule has 5 nitrogen and oxygen atoms in total. The van der Waals surface area contributed by atoms with Gasteiger partial charge in [-0.2, -0.15) is 13.2 Å². The van der Waals surface area contributed by atoms with Gasteiger partial charge in [-0.1, -0.05) is 48.5 Å². The maximum absolute atomic E-state index is 12.8. The molecule has 2 atom stereocenters. The minimum atomic E-state index is -4.31. The number of anilines is 1. The minimum absolute atomic E-state index is 0.448. The fourth-order valence-corrected chi connectivity index (χ4v) is 5.05. The fourth-order valence-electron chi connectivity index (χ4n) is 5.05. The quantitative estimate of drug-likeness (QED) is 0.523. The van der Waals surface area contributed by atoms with E-state index in [0.29, 0.717) is 6.54 Å². The Labute approximate surface area is 209 Å². The van der Waals surface area contributed by atoms with E-state index in [2.05, 4.69) is 21.9 Å². The van der Waals surface area contributed by atoms with Crippen LogP contribution in [0.15, 0.2) is 72.8 Å². The van der Waals surface area contributed by atoms with Crippen LogP contribution in [0.25, 0.3) is 0 Å². The summed E-state index contributed by atoms with van der Waals surface area (Å²) in [7, 11) is 0. The highest BCUT2D eigenvalue weighted by atomic mass is 19.4. The summed E-state index contributed by atoms with van der Waals surface area (Å²) in [6.07, 6.45) is -5.05. The van der Waals surface area contributed by atoms with Crippen LogP contribution in [0.1, 0.15) is 40.3 Å². The predicted molar refractivity (Wildman–Crippen MR) is 132 cm³/mol. The summed E-state index contributed by atoms with van der Waals surface area (Å²) in [4.78, 5) is 6.18. The van der Waals surface area contributed by atoms with Crippen molar-refractivity contribution in [2.75, 3.05) is 37.6 Å². The first kappa shape index (κ1) is 24.8. The first-order valence-electron chi connectivity index (χ1n) is 12.2. The van der Waals surface area contributed by atoms with Crippen molar-refractivity contribution in [3.63, 3.8) is 0 Å². The first-order valence-corrected chi connectivity index (χ1v) is 12.2. The molecule has 2 heterocycles. The van der Waals surface area contributed by atoms with Crippen LogP contribution in [0.4, 0.5) is 18.9 Å². The van der Waals surface area contributed by atoms with E-state index in [1.807, 2.05) is 36.4 Å². The fraction of sp³-hybridized carbons (Fsp3) is 0.357. The van der Waals surface area contributed by atoms with Crippen molar-refractivity contribution in [3.05, 3.63) is 101 Å². The molecule has 36 heavy (non-hydrogen) atoms. The van der Waals surface area contributed by atoms with Gasteiger partial charge in [-0.25, -0.2) is 4.90 Å². The normalized spacial score (nSPS) is 21.1. The molecule has 5 rings (SSSR count). The second kappa shape index (κ2) is 10.2. The van der Waals surface area contributed by atoms with Gasteiger partial charge >= 0.3 is 6.18 Å². The van der Waals surface area contributed by atoms with Crippen molar-refractivity contribution < 1.29 is 23.4 Å². The van der Waals surface area contributed by atoms with Crippen LogP contribution >= 0.6 is 0 Å². The van der Waals surface area contributed by atoms with Gasteiger partial charge < -0.3 is 15.1 Å². The molecule has 1 fully saturated rings. The number of aliphatic hydroxyl groups excluding tert-OH is 2. The summed E-state index contributed by atoms with van der Waals surface area (Å²) in [5.41, 5.74) is 3.95. The average Bonchev–Trinajstić information content (AvgIpc) is 3.13. The molecule has 2 aliphatic rings. The van der Waals surface area contributed by atoms with Gasteiger partial charge in [0.1, 0.15) is 12.5 Å². The minimum Gasteiger partial charge on any atom is -0.374 e. The second-order valence-electron chi connectivity index (χ2n) is 9.49. The van der Waals surface area contributed by atoms with Crippen molar-refractivity contribution in [1.29, 1.82) is 0 Å². The van der Waals surface area contributed by atoms with Gasteiger partial charge in [-0.05, 0) is 41.8 Å². The lowest BCUT2D eigenvalue weighted by atomic mass is 10.1. The summed E-state index contributed by atoms with van der Waals surface area (Å²) in [5.74, 6) is 0. The molecule has 3 aromatic carbocycles. The Kier molecular flexibility index (Phi) is 7.03. The molecule has 2 N–H and O–H groups in total. The summed E-state index contributed by atoms with van der Waals surface area (Å²) >= 11 is 0. The zero-order valence-corrected chi connectivity index (χ0v) is 19.9. The molecule has 190 valence electrons. The van der Waals surface area contributed by atoms with E-state index < -0.39 is 24.2 Å². The van der Waals surface area contributed by atoms with E-state index in [4.69, 9.17) is 0 Å². The monoisotopic (exact) mass is 497 g/mol. The number of hydrogen-bond donors (Lipinski definition) is 2. The molecule has 2 unspecified atom stereocenters. The molecule has 2 aliphatic heterocycles. The molecule has 0 spiro atoms. The standard InChI is InChI=1S/C28H30F3N3O2/c29-28(30,31)22-9-11-23(12-10-22)33-17-15-32(16-18-33)14-13-20-5-7-21(8-6-20)19-34-26(35)24-3-1-2-4-25(24)27(34)36/h1-12,26-27,35-36H,13-19H2. The molecule has 0 bridgehead atoms. The number of benzene rings is 3.